The second-order valence-electron chi connectivity index (χ2n) is 7.24. The molecule has 146 valence electrons. The van der Waals surface area contributed by atoms with E-state index in [1.54, 1.807) is 17.1 Å². The fraction of sp³-hybridized carbons (Fsp3) is 0.364. The van der Waals surface area contributed by atoms with Crippen LogP contribution in [0.2, 0.25) is 0 Å². The van der Waals surface area contributed by atoms with Crippen molar-refractivity contribution in [3.8, 4) is 0 Å². The summed E-state index contributed by atoms with van der Waals surface area (Å²) in [7, 11) is 0. The zero-order valence-corrected chi connectivity index (χ0v) is 15.6. The Bertz CT molecular complexity index is 817. The van der Waals surface area contributed by atoms with Crippen molar-refractivity contribution in [3.05, 3.63) is 66.3 Å². The Morgan fingerprint density at radius 1 is 1.18 bits per heavy atom. The number of allylic oxidation sites excluding steroid dienone is 1. The van der Waals surface area contributed by atoms with Crippen LogP contribution in [-0.2, 0) is 9.53 Å². The second-order valence-corrected chi connectivity index (χ2v) is 7.24. The standard InChI is InChI=1S/C22H24N2O4/c25-20-17-11-4-5-12-18(17)24(21(26)19-13-6-14-23(19)20)22(27)28-15-7-10-16-8-2-1-3-9-16/h1-10,13,17-19,21,26H,11-12,14-15H2/b10-7+/t17?,18?,19-,21-/m0/s1. The highest BCUT2D eigenvalue weighted by atomic mass is 16.6. The predicted octanol–water partition coefficient (Wildman–Crippen LogP) is 2.57. The topological polar surface area (TPSA) is 70.1 Å². The van der Waals surface area contributed by atoms with Crippen molar-refractivity contribution in [1.82, 2.24) is 9.80 Å². The van der Waals surface area contributed by atoms with Gasteiger partial charge >= 0.3 is 6.09 Å². The third-order valence-electron chi connectivity index (χ3n) is 5.57. The van der Waals surface area contributed by atoms with Gasteiger partial charge in [-0.05, 0) is 24.5 Å². The third-order valence-corrected chi connectivity index (χ3v) is 5.57. The molecule has 1 aromatic rings. The lowest BCUT2D eigenvalue weighted by Crippen LogP contribution is -2.53. The fourth-order valence-corrected chi connectivity index (χ4v) is 4.17. The van der Waals surface area contributed by atoms with Crippen molar-refractivity contribution in [3.63, 3.8) is 0 Å². The lowest BCUT2D eigenvalue weighted by atomic mass is 9.87. The molecule has 0 aromatic heterocycles. The van der Waals surface area contributed by atoms with Gasteiger partial charge in [0.15, 0.2) is 6.23 Å². The first-order valence-corrected chi connectivity index (χ1v) is 9.63. The summed E-state index contributed by atoms with van der Waals surface area (Å²) in [5.41, 5.74) is 1.02. The van der Waals surface area contributed by atoms with Gasteiger partial charge in [-0.25, -0.2) is 4.79 Å². The van der Waals surface area contributed by atoms with E-state index in [9.17, 15) is 14.7 Å². The van der Waals surface area contributed by atoms with Gasteiger partial charge in [0.2, 0.25) is 5.91 Å². The van der Waals surface area contributed by atoms with E-state index in [-0.39, 0.29) is 18.4 Å². The number of hydrogen-bond donors (Lipinski definition) is 1. The van der Waals surface area contributed by atoms with Gasteiger partial charge in [-0.3, -0.25) is 9.69 Å². The lowest BCUT2D eigenvalue weighted by Gasteiger charge is -2.36. The van der Waals surface area contributed by atoms with E-state index in [2.05, 4.69) is 0 Å². The number of carbonyl (C=O) groups is 2. The zero-order chi connectivity index (χ0) is 19.5. The average molecular weight is 380 g/mol. The summed E-state index contributed by atoms with van der Waals surface area (Å²) in [5.74, 6) is -0.361. The quantitative estimate of drug-likeness (QED) is 0.819. The SMILES string of the molecule is O=C1C2CC=CCC2N(C(=O)OC/C=C/c2ccccc2)[C@@H](O)[C@@H]2C=CCN12. The van der Waals surface area contributed by atoms with Gasteiger partial charge in [0, 0.05) is 6.54 Å². The van der Waals surface area contributed by atoms with Gasteiger partial charge in [-0.2, -0.15) is 0 Å². The number of aliphatic hydroxyl groups excluding tert-OH is 1. The number of benzene rings is 1. The molecule has 3 aliphatic rings. The summed E-state index contributed by atoms with van der Waals surface area (Å²) < 4.78 is 5.42. The molecule has 4 atom stereocenters. The number of carbonyl (C=O) groups excluding carboxylic acids is 2. The zero-order valence-electron chi connectivity index (χ0n) is 15.6. The van der Waals surface area contributed by atoms with Crippen molar-refractivity contribution in [1.29, 1.82) is 0 Å². The summed E-state index contributed by atoms with van der Waals surface area (Å²) in [6.07, 6.45) is 10.6. The Labute approximate surface area is 164 Å². The molecule has 1 N–H and O–H groups in total. The van der Waals surface area contributed by atoms with Crippen LogP contribution in [0.25, 0.3) is 6.08 Å². The third kappa shape index (κ3) is 3.47. The number of rotatable bonds is 3. The molecule has 2 unspecified atom stereocenters. The molecule has 0 bridgehead atoms. The van der Waals surface area contributed by atoms with Crippen molar-refractivity contribution in [2.24, 2.45) is 5.92 Å². The van der Waals surface area contributed by atoms with Gasteiger partial charge in [-0.1, -0.05) is 60.7 Å². The highest BCUT2D eigenvalue weighted by molar-refractivity contribution is 5.83. The highest BCUT2D eigenvalue weighted by Crippen LogP contribution is 2.34. The van der Waals surface area contributed by atoms with E-state index in [1.807, 2.05) is 54.6 Å². The smallest absolute Gasteiger partial charge is 0.412 e. The molecule has 4 rings (SSSR count). The molecule has 1 aliphatic carbocycles. The molecule has 6 heteroatoms. The fourth-order valence-electron chi connectivity index (χ4n) is 4.17. The van der Waals surface area contributed by atoms with Crippen molar-refractivity contribution in [2.45, 2.75) is 31.2 Å². The van der Waals surface area contributed by atoms with Gasteiger partial charge in [-0.15, -0.1) is 0 Å². The van der Waals surface area contributed by atoms with Gasteiger partial charge in [0.25, 0.3) is 0 Å². The Hall–Kier alpha value is -2.86. The summed E-state index contributed by atoms with van der Waals surface area (Å²) in [6.45, 7) is 0.568. The number of aliphatic hydroxyl groups is 1. The Balaban J connectivity index is 1.49. The lowest BCUT2D eigenvalue weighted by molar-refractivity contribution is -0.136. The Morgan fingerprint density at radius 3 is 2.79 bits per heavy atom. The molecule has 1 saturated heterocycles. The number of hydrogen-bond acceptors (Lipinski definition) is 4. The number of ether oxygens (including phenoxy) is 1. The Morgan fingerprint density at radius 2 is 1.96 bits per heavy atom. The minimum absolute atomic E-state index is 0.0114. The van der Waals surface area contributed by atoms with Crippen LogP contribution in [0, 0.1) is 5.92 Å². The summed E-state index contributed by atoms with van der Waals surface area (Å²) >= 11 is 0. The van der Waals surface area contributed by atoms with Gasteiger partial charge < -0.3 is 14.7 Å². The van der Waals surface area contributed by atoms with Crippen LogP contribution in [-0.4, -0.2) is 58.4 Å². The maximum absolute atomic E-state index is 12.9. The molecule has 1 fully saturated rings. The molecular weight excluding hydrogens is 356 g/mol. The molecule has 2 heterocycles. The number of amides is 2. The van der Waals surface area contributed by atoms with Crippen LogP contribution in [0.1, 0.15) is 18.4 Å². The van der Waals surface area contributed by atoms with Crippen LogP contribution >= 0.6 is 0 Å². The van der Waals surface area contributed by atoms with E-state index < -0.39 is 24.4 Å². The van der Waals surface area contributed by atoms with E-state index in [4.69, 9.17) is 4.74 Å². The van der Waals surface area contributed by atoms with Crippen molar-refractivity contribution >= 4 is 18.1 Å². The van der Waals surface area contributed by atoms with Crippen molar-refractivity contribution < 1.29 is 19.4 Å². The highest BCUT2D eigenvalue weighted by Gasteiger charge is 2.49. The van der Waals surface area contributed by atoms with E-state index in [1.165, 1.54) is 4.90 Å². The average Bonchev–Trinajstić information content (AvgIpc) is 3.19. The molecule has 2 aliphatic heterocycles. The molecule has 28 heavy (non-hydrogen) atoms. The molecule has 0 radical (unpaired) electrons. The van der Waals surface area contributed by atoms with Gasteiger partial charge in [0.05, 0.1) is 18.0 Å². The second kappa shape index (κ2) is 8.02. The molecule has 6 nitrogen and oxygen atoms in total. The minimum Gasteiger partial charge on any atom is -0.445 e. The molecule has 0 spiro atoms. The normalized spacial score (nSPS) is 29.0. The van der Waals surface area contributed by atoms with Crippen molar-refractivity contribution in [2.75, 3.05) is 13.2 Å². The first-order chi connectivity index (χ1) is 13.7. The van der Waals surface area contributed by atoms with E-state index in [0.29, 0.717) is 19.4 Å². The summed E-state index contributed by atoms with van der Waals surface area (Å²) in [6, 6.07) is 8.82. The molecule has 2 amide bonds. The predicted molar refractivity (Wildman–Crippen MR) is 105 cm³/mol. The summed E-state index contributed by atoms with van der Waals surface area (Å²) in [5, 5.41) is 10.9. The molecular formula is C22H24N2O4. The van der Waals surface area contributed by atoms with Crippen LogP contribution in [0.3, 0.4) is 0 Å². The van der Waals surface area contributed by atoms with Crippen LogP contribution in [0.4, 0.5) is 4.79 Å². The molecule has 1 aromatic carbocycles. The maximum Gasteiger partial charge on any atom is 0.412 e. The minimum atomic E-state index is -1.12. The first kappa shape index (κ1) is 18.5. The Kier molecular flexibility index (Phi) is 5.30. The van der Waals surface area contributed by atoms with E-state index in [0.717, 1.165) is 5.56 Å². The number of nitrogens with zero attached hydrogens (tertiary/aromatic N) is 2. The monoisotopic (exact) mass is 380 g/mol. The maximum atomic E-state index is 12.9. The largest absolute Gasteiger partial charge is 0.445 e. The van der Waals surface area contributed by atoms with Crippen LogP contribution < -0.4 is 0 Å². The van der Waals surface area contributed by atoms with E-state index >= 15 is 0 Å². The summed E-state index contributed by atoms with van der Waals surface area (Å²) in [4.78, 5) is 28.8. The first-order valence-electron chi connectivity index (χ1n) is 9.63. The molecule has 0 saturated carbocycles. The van der Waals surface area contributed by atoms with Gasteiger partial charge in [0.1, 0.15) is 6.61 Å². The number of fused-ring (bicyclic) bond motifs is 2. The van der Waals surface area contributed by atoms with Crippen LogP contribution in [0.15, 0.2) is 60.7 Å². The van der Waals surface area contributed by atoms with Crippen LogP contribution in [0.5, 0.6) is 0 Å².